The van der Waals surface area contributed by atoms with Gasteiger partial charge in [0.05, 0.1) is 0 Å². The van der Waals surface area contributed by atoms with Crippen LogP contribution in [-0.2, 0) is 6.54 Å². The Hall–Kier alpha value is -1.66. The van der Waals surface area contributed by atoms with Gasteiger partial charge < -0.3 is 21.4 Å². The second-order valence-electron chi connectivity index (χ2n) is 5.59. The molecule has 1 rings (SSSR count). The molecule has 112 valence electrons. The Morgan fingerprint density at radius 1 is 1.50 bits per heavy atom. The third-order valence-electron chi connectivity index (χ3n) is 3.17. The minimum atomic E-state index is 0.0157. The van der Waals surface area contributed by atoms with E-state index in [4.69, 9.17) is 16.0 Å². The summed E-state index contributed by atoms with van der Waals surface area (Å²) >= 11 is 0. The fourth-order valence-corrected chi connectivity index (χ4v) is 2.04. The van der Waals surface area contributed by atoms with Crippen molar-refractivity contribution in [2.24, 2.45) is 16.3 Å². The number of rotatable bonds is 8. The summed E-state index contributed by atoms with van der Waals surface area (Å²) in [6.07, 6.45) is 3.37. The number of pyridine rings is 1. The van der Waals surface area contributed by atoms with Crippen LogP contribution in [0.25, 0.3) is 0 Å². The summed E-state index contributed by atoms with van der Waals surface area (Å²) in [5, 5.41) is 24.0. The van der Waals surface area contributed by atoms with Crippen molar-refractivity contribution in [2.75, 3.05) is 13.2 Å². The molecule has 0 saturated carbocycles. The maximum Gasteiger partial charge on any atom is 0.189 e. The molecule has 5 N–H and O–H groups in total. The molecule has 0 aliphatic heterocycles. The van der Waals surface area contributed by atoms with Crippen LogP contribution in [0, 0.1) is 5.41 Å². The SMILES string of the molecule is CC(C)(CCCO)CNCc1cccnc1/C(N)=N/O. The van der Waals surface area contributed by atoms with Gasteiger partial charge in [-0.3, -0.25) is 4.98 Å². The molecule has 0 unspecified atom stereocenters. The number of aliphatic hydroxyl groups excluding tert-OH is 1. The van der Waals surface area contributed by atoms with E-state index in [9.17, 15) is 0 Å². The maximum atomic E-state index is 8.88. The Balaban J connectivity index is 2.58. The van der Waals surface area contributed by atoms with E-state index in [0.717, 1.165) is 24.9 Å². The van der Waals surface area contributed by atoms with Gasteiger partial charge in [0.15, 0.2) is 5.84 Å². The zero-order chi connectivity index (χ0) is 15.0. The van der Waals surface area contributed by atoms with Crippen LogP contribution in [0.3, 0.4) is 0 Å². The smallest absolute Gasteiger partial charge is 0.189 e. The average molecular weight is 280 g/mol. The molecule has 0 aliphatic rings. The molecule has 1 heterocycles. The number of hydrogen-bond donors (Lipinski definition) is 4. The summed E-state index contributed by atoms with van der Waals surface area (Å²) < 4.78 is 0. The maximum absolute atomic E-state index is 8.88. The van der Waals surface area contributed by atoms with E-state index in [0.29, 0.717) is 12.2 Å². The van der Waals surface area contributed by atoms with Gasteiger partial charge in [-0.1, -0.05) is 25.1 Å². The van der Waals surface area contributed by atoms with Crippen LogP contribution in [0.15, 0.2) is 23.5 Å². The molecule has 1 aromatic rings. The molecule has 0 saturated heterocycles. The summed E-state index contributed by atoms with van der Waals surface area (Å²) in [6, 6.07) is 3.72. The number of nitrogens with two attached hydrogens (primary N) is 1. The Labute approximate surface area is 119 Å². The van der Waals surface area contributed by atoms with Crippen LogP contribution in [0.4, 0.5) is 0 Å². The average Bonchev–Trinajstić information content (AvgIpc) is 2.45. The topological polar surface area (TPSA) is 104 Å². The molecular formula is C14H24N4O2. The minimum Gasteiger partial charge on any atom is -0.409 e. The Morgan fingerprint density at radius 3 is 2.90 bits per heavy atom. The van der Waals surface area contributed by atoms with Crippen LogP contribution in [-0.4, -0.2) is 34.3 Å². The predicted molar refractivity (Wildman–Crippen MR) is 78.6 cm³/mol. The van der Waals surface area contributed by atoms with Crippen molar-refractivity contribution in [2.45, 2.75) is 33.2 Å². The number of nitrogens with one attached hydrogen (secondary N) is 1. The highest BCUT2D eigenvalue weighted by Gasteiger charge is 2.17. The number of amidine groups is 1. The van der Waals surface area contributed by atoms with E-state index in [1.807, 2.05) is 12.1 Å². The first kappa shape index (κ1) is 16.4. The van der Waals surface area contributed by atoms with Crippen LogP contribution < -0.4 is 11.1 Å². The summed E-state index contributed by atoms with van der Waals surface area (Å²) in [4.78, 5) is 4.13. The lowest BCUT2D eigenvalue weighted by Crippen LogP contribution is -2.30. The van der Waals surface area contributed by atoms with Crippen LogP contribution in [0.2, 0.25) is 0 Å². The summed E-state index contributed by atoms with van der Waals surface area (Å²) in [5.74, 6) is 0.0157. The van der Waals surface area contributed by atoms with Crippen molar-refractivity contribution in [3.05, 3.63) is 29.6 Å². The van der Waals surface area contributed by atoms with Gasteiger partial charge in [0.1, 0.15) is 5.69 Å². The van der Waals surface area contributed by atoms with Crippen molar-refractivity contribution in [1.82, 2.24) is 10.3 Å². The van der Waals surface area contributed by atoms with E-state index in [-0.39, 0.29) is 17.9 Å². The van der Waals surface area contributed by atoms with Crippen LogP contribution in [0.5, 0.6) is 0 Å². The van der Waals surface area contributed by atoms with Gasteiger partial charge >= 0.3 is 0 Å². The number of oxime groups is 1. The lowest BCUT2D eigenvalue weighted by molar-refractivity contribution is 0.236. The van der Waals surface area contributed by atoms with Crippen molar-refractivity contribution >= 4 is 5.84 Å². The molecule has 0 aromatic carbocycles. The quantitative estimate of drug-likeness (QED) is 0.247. The number of hydrogen-bond acceptors (Lipinski definition) is 5. The fraction of sp³-hybridized carbons (Fsp3) is 0.571. The molecule has 0 radical (unpaired) electrons. The number of nitrogens with zero attached hydrogens (tertiary/aromatic N) is 2. The molecule has 0 bridgehead atoms. The Kier molecular flexibility index (Phi) is 6.41. The number of aliphatic hydroxyl groups is 1. The second kappa shape index (κ2) is 7.81. The lowest BCUT2D eigenvalue weighted by atomic mass is 9.88. The van der Waals surface area contributed by atoms with Crippen LogP contribution >= 0.6 is 0 Å². The van der Waals surface area contributed by atoms with E-state index >= 15 is 0 Å². The molecule has 0 fully saturated rings. The first-order valence-corrected chi connectivity index (χ1v) is 6.73. The van der Waals surface area contributed by atoms with Crippen molar-refractivity contribution in [3.63, 3.8) is 0 Å². The molecule has 1 aromatic heterocycles. The molecular weight excluding hydrogens is 256 g/mol. The molecule has 0 aliphatic carbocycles. The summed E-state index contributed by atoms with van der Waals surface area (Å²) in [6.45, 7) is 5.95. The highest BCUT2D eigenvalue weighted by atomic mass is 16.4. The minimum absolute atomic E-state index is 0.0157. The largest absolute Gasteiger partial charge is 0.409 e. The monoisotopic (exact) mass is 280 g/mol. The van der Waals surface area contributed by atoms with Gasteiger partial charge in [-0.15, -0.1) is 0 Å². The van der Waals surface area contributed by atoms with E-state index < -0.39 is 0 Å². The molecule has 0 atom stereocenters. The van der Waals surface area contributed by atoms with Gasteiger partial charge in [-0.2, -0.15) is 0 Å². The van der Waals surface area contributed by atoms with Gasteiger partial charge in [0.25, 0.3) is 0 Å². The third kappa shape index (κ3) is 5.14. The Bertz CT molecular complexity index is 447. The van der Waals surface area contributed by atoms with Crippen molar-refractivity contribution in [3.8, 4) is 0 Å². The predicted octanol–water partition coefficient (Wildman–Crippen LogP) is 1.06. The van der Waals surface area contributed by atoms with E-state index in [2.05, 4.69) is 29.3 Å². The van der Waals surface area contributed by atoms with Gasteiger partial charge in [-0.25, -0.2) is 0 Å². The third-order valence-corrected chi connectivity index (χ3v) is 3.17. The Morgan fingerprint density at radius 2 is 2.25 bits per heavy atom. The van der Waals surface area contributed by atoms with Crippen molar-refractivity contribution in [1.29, 1.82) is 0 Å². The highest BCUT2D eigenvalue weighted by Crippen LogP contribution is 2.21. The molecule has 6 nitrogen and oxygen atoms in total. The van der Waals surface area contributed by atoms with Crippen LogP contribution in [0.1, 0.15) is 37.9 Å². The van der Waals surface area contributed by atoms with Gasteiger partial charge in [0.2, 0.25) is 0 Å². The number of aromatic nitrogens is 1. The first-order valence-electron chi connectivity index (χ1n) is 6.73. The summed E-state index contributed by atoms with van der Waals surface area (Å²) in [7, 11) is 0. The zero-order valence-electron chi connectivity index (χ0n) is 12.1. The lowest BCUT2D eigenvalue weighted by Gasteiger charge is -2.25. The zero-order valence-corrected chi connectivity index (χ0v) is 12.1. The van der Waals surface area contributed by atoms with Gasteiger partial charge in [0, 0.05) is 25.9 Å². The first-order chi connectivity index (χ1) is 9.50. The van der Waals surface area contributed by atoms with E-state index in [1.54, 1.807) is 6.20 Å². The van der Waals surface area contributed by atoms with E-state index in [1.165, 1.54) is 0 Å². The van der Waals surface area contributed by atoms with Crippen molar-refractivity contribution < 1.29 is 10.3 Å². The summed E-state index contributed by atoms with van der Waals surface area (Å²) in [5.41, 5.74) is 7.10. The molecule has 20 heavy (non-hydrogen) atoms. The molecule has 0 amide bonds. The standard InChI is InChI=1S/C14H24N4O2/c1-14(2,6-4-8-19)10-16-9-11-5-3-7-17-12(11)13(15)18-20/h3,5,7,16,19-20H,4,6,8-10H2,1-2H3,(H2,15,18). The molecule has 0 spiro atoms. The van der Waals surface area contributed by atoms with Gasteiger partial charge in [-0.05, 0) is 29.9 Å². The highest BCUT2D eigenvalue weighted by molar-refractivity contribution is 5.96. The normalized spacial score (nSPS) is 12.7. The fourth-order valence-electron chi connectivity index (χ4n) is 2.04. The second-order valence-corrected chi connectivity index (χ2v) is 5.59. The molecule has 6 heteroatoms.